The summed E-state index contributed by atoms with van der Waals surface area (Å²) in [6.07, 6.45) is 3.86. The van der Waals surface area contributed by atoms with Gasteiger partial charge < -0.3 is 19.9 Å². The molecule has 2 aromatic carbocycles. The number of piperidine rings is 1. The number of hydrogen-bond acceptors (Lipinski definition) is 8. The van der Waals surface area contributed by atoms with Crippen molar-refractivity contribution in [3.8, 4) is 11.5 Å². The highest BCUT2D eigenvalue weighted by atomic mass is 32.2. The minimum Gasteiger partial charge on any atom is -0.457 e. The summed E-state index contributed by atoms with van der Waals surface area (Å²) in [4.78, 5) is 30.1. The van der Waals surface area contributed by atoms with Crippen molar-refractivity contribution >= 4 is 44.5 Å². The van der Waals surface area contributed by atoms with E-state index >= 15 is 4.39 Å². The van der Waals surface area contributed by atoms with Crippen molar-refractivity contribution in [2.75, 3.05) is 31.1 Å². The quantitative estimate of drug-likeness (QED) is 0.230. The van der Waals surface area contributed by atoms with Crippen molar-refractivity contribution in [3.63, 3.8) is 0 Å². The normalized spacial score (nSPS) is 22.7. The highest BCUT2D eigenvalue weighted by Gasteiger charge is 2.31. The minimum atomic E-state index is -0.698. The van der Waals surface area contributed by atoms with Crippen LogP contribution in [-0.2, 0) is 22.1 Å². The third kappa shape index (κ3) is 8.63. The molecule has 0 bridgehead atoms. The molecule has 0 saturated carbocycles. The highest BCUT2D eigenvalue weighted by Crippen LogP contribution is 2.32. The van der Waals surface area contributed by atoms with Crippen LogP contribution in [0.4, 0.5) is 4.39 Å². The fourth-order valence-corrected chi connectivity index (χ4v) is 8.21. The van der Waals surface area contributed by atoms with Gasteiger partial charge >= 0.3 is 0 Å². The van der Waals surface area contributed by atoms with Gasteiger partial charge in [0.25, 0.3) is 5.91 Å². The molecular formula is C34H44FN5O4S2. The topological polar surface area (TPSA) is 127 Å². The van der Waals surface area contributed by atoms with Gasteiger partial charge in [-0.05, 0) is 68.0 Å². The number of nitrogens with one attached hydrogen (secondary N) is 3. The Kier molecular flexibility index (Phi) is 11.3. The number of hydrogen-bond donors (Lipinski definition) is 3. The van der Waals surface area contributed by atoms with Crippen LogP contribution in [0.15, 0.2) is 36.4 Å². The first-order valence-electron chi connectivity index (χ1n) is 16.1. The molecule has 3 aliphatic rings. The predicted octanol–water partition coefficient (Wildman–Crippen LogP) is 5.78. The second kappa shape index (κ2) is 15.2. The molecule has 0 aromatic heterocycles. The molecule has 3 aliphatic heterocycles. The lowest BCUT2D eigenvalue weighted by Crippen LogP contribution is -2.49. The van der Waals surface area contributed by atoms with Gasteiger partial charge in [-0.15, -0.1) is 0 Å². The fourth-order valence-electron chi connectivity index (χ4n) is 6.22. The third-order valence-corrected chi connectivity index (χ3v) is 11.5. The number of likely N-dealkylation sites (tertiary alicyclic amines) is 2. The lowest BCUT2D eigenvalue weighted by Gasteiger charge is -2.39. The number of rotatable bonds is 9. The van der Waals surface area contributed by atoms with Gasteiger partial charge in [-0.2, -0.15) is 0 Å². The van der Waals surface area contributed by atoms with Gasteiger partial charge in [0.1, 0.15) is 22.4 Å². The first-order valence-corrected chi connectivity index (χ1v) is 18.4. The molecule has 1 atom stereocenters. The second-order valence-electron chi connectivity index (χ2n) is 13.0. The Hall–Kier alpha value is -3.09. The standard InChI is InChI=1S/C34H44FN5O4S2/c1-21(2)32(36)45-33(37)23-4-6-27(7-5-23)44-30-18-28(29(35)17-24(30)20-40-19-22(3)16-31(40)41)34(42)38-25-8-12-39(13-9-25)26-10-14-46(43)15-11-26/h4-7,17-18,21-22,25-26,36-37H,8-16,19-20H2,1-3H3,(H,38,42)/t22-,26?,46?/m0/s1. The maximum absolute atomic E-state index is 15.6. The first kappa shape index (κ1) is 34.3. The van der Waals surface area contributed by atoms with E-state index in [2.05, 4.69) is 10.2 Å². The van der Waals surface area contributed by atoms with Gasteiger partial charge in [0, 0.05) is 84.0 Å². The Morgan fingerprint density at radius 2 is 1.78 bits per heavy atom. The number of nitrogens with zero attached hydrogens (tertiary/aromatic N) is 2. The molecule has 248 valence electrons. The summed E-state index contributed by atoms with van der Waals surface area (Å²) in [5.74, 6) is 1.32. The number of ether oxygens (including phenoxy) is 1. The number of halogens is 1. The zero-order valence-electron chi connectivity index (χ0n) is 26.8. The summed E-state index contributed by atoms with van der Waals surface area (Å²) in [6, 6.07) is 9.97. The van der Waals surface area contributed by atoms with Crippen molar-refractivity contribution in [2.45, 2.75) is 71.5 Å². The van der Waals surface area contributed by atoms with Crippen LogP contribution in [0.1, 0.15) is 74.4 Å². The van der Waals surface area contributed by atoms with Crippen molar-refractivity contribution < 1.29 is 22.9 Å². The molecule has 9 nitrogen and oxygen atoms in total. The van der Waals surface area contributed by atoms with Gasteiger partial charge in [-0.1, -0.05) is 32.5 Å². The van der Waals surface area contributed by atoms with Crippen molar-refractivity contribution in [3.05, 3.63) is 58.9 Å². The number of thioether (sulfide) groups is 1. The molecule has 3 heterocycles. The fraction of sp³-hybridized carbons (Fsp3) is 0.529. The Morgan fingerprint density at radius 3 is 2.39 bits per heavy atom. The van der Waals surface area contributed by atoms with Crippen LogP contribution in [0.2, 0.25) is 0 Å². The van der Waals surface area contributed by atoms with Crippen molar-refractivity contribution in [1.82, 2.24) is 15.1 Å². The van der Waals surface area contributed by atoms with E-state index in [-0.39, 0.29) is 40.9 Å². The maximum Gasteiger partial charge on any atom is 0.254 e. The summed E-state index contributed by atoms with van der Waals surface area (Å²) in [6.45, 7) is 8.25. The lowest BCUT2D eigenvalue weighted by atomic mass is 10.00. The number of amides is 2. The van der Waals surface area contributed by atoms with E-state index in [1.54, 1.807) is 29.2 Å². The molecule has 12 heteroatoms. The van der Waals surface area contributed by atoms with Crippen LogP contribution in [0, 0.1) is 28.5 Å². The average molecular weight is 670 g/mol. The molecule has 0 aliphatic carbocycles. The number of carbonyl (C=O) groups is 2. The van der Waals surface area contributed by atoms with E-state index in [0.717, 1.165) is 62.0 Å². The largest absolute Gasteiger partial charge is 0.457 e. The summed E-state index contributed by atoms with van der Waals surface area (Å²) >= 11 is 1.11. The van der Waals surface area contributed by atoms with Crippen molar-refractivity contribution in [1.29, 1.82) is 10.8 Å². The van der Waals surface area contributed by atoms with E-state index in [1.807, 2.05) is 20.8 Å². The summed E-state index contributed by atoms with van der Waals surface area (Å²) in [7, 11) is -0.698. The summed E-state index contributed by atoms with van der Waals surface area (Å²) in [5, 5.41) is 20.1. The Labute approximate surface area is 277 Å². The van der Waals surface area contributed by atoms with Gasteiger partial charge in [0.05, 0.1) is 10.6 Å². The summed E-state index contributed by atoms with van der Waals surface area (Å²) in [5.41, 5.74) is 0.998. The molecule has 3 saturated heterocycles. The molecule has 0 unspecified atom stereocenters. The van der Waals surface area contributed by atoms with E-state index in [9.17, 15) is 13.8 Å². The Balaban J connectivity index is 1.30. The van der Waals surface area contributed by atoms with Crippen molar-refractivity contribution in [2.24, 2.45) is 11.8 Å². The van der Waals surface area contributed by atoms with Crippen LogP contribution in [-0.4, -0.2) is 79.1 Å². The molecule has 0 spiro atoms. The maximum atomic E-state index is 15.6. The van der Waals surface area contributed by atoms with Crippen LogP contribution in [0.25, 0.3) is 0 Å². The van der Waals surface area contributed by atoms with Crippen LogP contribution < -0.4 is 10.1 Å². The summed E-state index contributed by atoms with van der Waals surface area (Å²) < 4.78 is 33.5. The van der Waals surface area contributed by atoms with E-state index < -0.39 is 22.5 Å². The number of benzene rings is 2. The molecule has 3 fully saturated rings. The predicted molar refractivity (Wildman–Crippen MR) is 182 cm³/mol. The van der Waals surface area contributed by atoms with Gasteiger partial charge in [-0.3, -0.25) is 24.6 Å². The molecule has 2 amide bonds. The lowest BCUT2D eigenvalue weighted by molar-refractivity contribution is -0.128. The number of carbonyl (C=O) groups excluding carboxylic acids is 2. The Morgan fingerprint density at radius 1 is 1.11 bits per heavy atom. The monoisotopic (exact) mass is 669 g/mol. The van der Waals surface area contributed by atoms with Gasteiger partial charge in [0.15, 0.2) is 0 Å². The zero-order valence-corrected chi connectivity index (χ0v) is 28.4. The molecular weight excluding hydrogens is 626 g/mol. The Bertz CT molecular complexity index is 1480. The van der Waals surface area contributed by atoms with E-state index in [4.69, 9.17) is 15.6 Å². The van der Waals surface area contributed by atoms with E-state index in [0.29, 0.717) is 46.7 Å². The molecule has 5 rings (SSSR count). The van der Waals surface area contributed by atoms with Crippen LogP contribution in [0.5, 0.6) is 11.5 Å². The SMILES string of the molecule is CC(C)C(=N)SC(=N)c1ccc(Oc2cc(C(=O)NC3CCN(C4CCS(=O)CC4)CC3)c(F)cc2CN2C[C@@H](C)CC2=O)cc1. The second-order valence-corrected chi connectivity index (χ2v) is 15.7. The minimum absolute atomic E-state index is 0.000776. The van der Waals surface area contributed by atoms with Gasteiger partial charge in [-0.25, -0.2) is 4.39 Å². The van der Waals surface area contributed by atoms with E-state index in [1.165, 1.54) is 12.1 Å². The first-order chi connectivity index (χ1) is 22.0. The van der Waals surface area contributed by atoms with Gasteiger partial charge in [0.2, 0.25) is 5.91 Å². The molecule has 2 aromatic rings. The zero-order chi connectivity index (χ0) is 33.0. The van der Waals surface area contributed by atoms with Crippen LogP contribution in [0.3, 0.4) is 0 Å². The molecule has 3 N–H and O–H groups in total. The van der Waals surface area contributed by atoms with Crippen LogP contribution >= 0.6 is 11.8 Å². The third-order valence-electron chi connectivity index (χ3n) is 8.98. The smallest absolute Gasteiger partial charge is 0.254 e. The highest BCUT2D eigenvalue weighted by molar-refractivity contribution is 8.26. The average Bonchev–Trinajstić information content (AvgIpc) is 3.35. The molecule has 46 heavy (non-hydrogen) atoms. The molecule has 0 radical (unpaired) electrons.